The summed E-state index contributed by atoms with van der Waals surface area (Å²) in [4.78, 5) is 0. The maximum atomic E-state index is 2.41. The molecule has 1 radical (unpaired) electrons. The van der Waals surface area contributed by atoms with Gasteiger partial charge >= 0.3 is 0 Å². The third kappa shape index (κ3) is 15.5. The van der Waals surface area contributed by atoms with Gasteiger partial charge in [-0.15, -0.1) is 0 Å². The molecule has 0 aliphatic heterocycles. The van der Waals surface area contributed by atoms with Crippen LogP contribution in [0.15, 0.2) is 24.3 Å². The molecule has 0 heteroatoms. The highest BCUT2D eigenvalue weighted by atomic mass is 13.9. The third-order valence-electron chi connectivity index (χ3n) is 3.14. The van der Waals surface area contributed by atoms with E-state index >= 15 is 0 Å². The van der Waals surface area contributed by atoms with E-state index < -0.39 is 0 Å². The molecule has 18 heavy (non-hydrogen) atoms. The molecule has 0 spiro atoms. The summed E-state index contributed by atoms with van der Waals surface area (Å²) in [5, 5.41) is 0. The van der Waals surface area contributed by atoms with Crippen molar-refractivity contribution in [2.24, 2.45) is 0 Å². The third-order valence-corrected chi connectivity index (χ3v) is 3.14. The minimum Gasteiger partial charge on any atom is -0.0882 e. The monoisotopic (exact) mass is 249 g/mol. The zero-order valence-corrected chi connectivity index (χ0v) is 12.7. The Labute approximate surface area is 116 Å². The Morgan fingerprint density at radius 1 is 0.556 bits per heavy atom. The van der Waals surface area contributed by atoms with Crippen LogP contribution in [0.5, 0.6) is 0 Å². The molecule has 0 aromatic carbocycles. The minimum atomic E-state index is 1.11. The Hall–Kier alpha value is -0.520. The highest BCUT2D eigenvalue weighted by Gasteiger charge is 1.88. The van der Waals surface area contributed by atoms with E-state index in [1.165, 1.54) is 57.8 Å². The Bertz CT molecular complexity index is 188. The standard InChI is InChI=1S/C18H33/c1-3-5-7-9-11-13-15-17-18-16-14-12-10-8-6-4-2/h11,13-14,17-18H,3-10,12,15-16H2,1-2H3/b13-11-,18-17-. The summed E-state index contributed by atoms with van der Waals surface area (Å²) in [7, 11) is 0. The van der Waals surface area contributed by atoms with Gasteiger partial charge in [0.15, 0.2) is 0 Å². The van der Waals surface area contributed by atoms with Crippen molar-refractivity contribution in [3.8, 4) is 0 Å². The normalized spacial score (nSPS) is 11.9. The average molecular weight is 249 g/mol. The van der Waals surface area contributed by atoms with Crippen molar-refractivity contribution in [1.82, 2.24) is 0 Å². The molecule has 0 aliphatic rings. The Morgan fingerprint density at radius 2 is 1.17 bits per heavy atom. The van der Waals surface area contributed by atoms with E-state index in [2.05, 4.69) is 44.6 Å². The van der Waals surface area contributed by atoms with Gasteiger partial charge < -0.3 is 0 Å². The summed E-state index contributed by atoms with van der Waals surface area (Å²) >= 11 is 0. The van der Waals surface area contributed by atoms with E-state index in [0.29, 0.717) is 0 Å². The lowest BCUT2D eigenvalue weighted by Crippen LogP contribution is -1.78. The van der Waals surface area contributed by atoms with Crippen LogP contribution >= 0.6 is 0 Å². The molecule has 0 aliphatic carbocycles. The summed E-state index contributed by atoms with van der Waals surface area (Å²) in [5.41, 5.74) is 0. The van der Waals surface area contributed by atoms with Crippen LogP contribution in [0.25, 0.3) is 0 Å². The number of allylic oxidation sites excluding steroid dienone is 4. The van der Waals surface area contributed by atoms with Crippen molar-refractivity contribution >= 4 is 0 Å². The first-order chi connectivity index (χ1) is 8.91. The summed E-state index contributed by atoms with van der Waals surface area (Å²) < 4.78 is 0. The van der Waals surface area contributed by atoms with Crippen LogP contribution in [-0.2, 0) is 0 Å². The fourth-order valence-corrected chi connectivity index (χ4v) is 1.93. The lowest BCUT2D eigenvalue weighted by Gasteiger charge is -1.97. The zero-order valence-electron chi connectivity index (χ0n) is 12.7. The molecule has 0 atom stereocenters. The maximum Gasteiger partial charge on any atom is -0.0169 e. The number of rotatable bonds is 13. The molecule has 0 rings (SSSR count). The van der Waals surface area contributed by atoms with E-state index in [0.717, 1.165) is 12.8 Å². The second-order valence-electron chi connectivity index (χ2n) is 5.05. The molecule has 0 N–H and O–H groups in total. The molecule has 0 bridgehead atoms. The van der Waals surface area contributed by atoms with Gasteiger partial charge in [0.2, 0.25) is 0 Å². The van der Waals surface area contributed by atoms with Crippen LogP contribution in [0.3, 0.4) is 0 Å². The van der Waals surface area contributed by atoms with Crippen LogP contribution in [0.4, 0.5) is 0 Å². The predicted molar refractivity (Wildman–Crippen MR) is 84.7 cm³/mol. The SMILES string of the molecule is CCCCC/C=C\C/C=C\C[CH]CCCCCC. The van der Waals surface area contributed by atoms with E-state index in [4.69, 9.17) is 0 Å². The summed E-state index contributed by atoms with van der Waals surface area (Å²) in [5.74, 6) is 0. The smallest absolute Gasteiger partial charge is 0.0169 e. The van der Waals surface area contributed by atoms with Crippen molar-refractivity contribution < 1.29 is 0 Å². The van der Waals surface area contributed by atoms with Gasteiger partial charge in [0.1, 0.15) is 0 Å². The topological polar surface area (TPSA) is 0 Å². The van der Waals surface area contributed by atoms with Gasteiger partial charge in [-0.1, -0.05) is 76.7 Å². The quantitative estimate of drug-likeness (QED) is 0.254. The van der Waals surface area contributed by atoms with Gasteiger partial charge in [-0.05, 0) is 38.5 Å². The van der Waals surface area contributed by atoms with Gasteiger partial charge in [0.05, 0.1) is 0 Å². The Kier molecular flexibility index (Phi) is 16.0. The van der Waals surface area contributed by atoms with Crippen LogP contribution < -0.4 is 0 Å². The average Bonchev–Trinajstić information content (AvgIpc) is 2.39. The molecule has 0 saturated carbocycles. The maximum absolute atomic E-state index is 2.41. The molecular formula is C18H33. The molecule has 0 aromatic rings. The first-order valence-electron chi connectivity index (χ1n) is 8.03. The number of hydrogen-bond donors (Lipinski definition) is 0. The second-order valence-corrected chi connectivity index (χ2v) is 5.05. The molecule has 0 amide bonds. The summed E-state index contributed by atoms with van der Waals surface area (Å²) in [6.07, 6.45) is 26.0. The van der Waals surface area contributed by atoms with Gasteiger partial charge in [0.25, 0.3) is 0 Å². The molecule has 0 unspecified atom stereocenters. The predicted octanol–water partition coefficient (Wildman–Crippen LogP) is 6.63. The van der Waals surface area contributed by atoms with E-state index in [1.54, 1.807) is 0 Å². The molecular weight excluding hydrogens is 216 g/mol. The number of unbranched alkanes of at least 4 members (excludes halogenated alkanes) is 9. The van der Waals surface area contributed by atoms with Crippen molar-refractivity contribution in [1.29, 1.82) is 0 Å². The van der Waals surface area contributed by atoms with Crippen molar-refractivity contribution in [2.45, 2.75) is 84.5 Å². The second kappa shape index (κ2) is 16.5. The summed E-state index contributed by atoms with van der Waals surface area (Å²) in [6, 6.07) is 0. The highest BCUT2D eigenvalue weighted by molar-refractivity contribution is 4.94. The van der Waals surface area contributed by atoms with Crippen molar-refractivity contribution in [3.05, 3.63) is 30.7 Å². The lowest BCUT2D eigenvalue weighted by molar-refractivity contribution is 0.658. The number of hydrogen-bond acceptors (Lipinski definition) is 0. The van der Waals surface area contributed by atoms with E-state index in [-0.39, 0.29) is 0 Å². The van der Waals surface area contributed by atoms with Gasteiger partial charge in [-0.25, -0.2) is 0 Å². The van der Waals surface area contributed by atoms with E-state index in [1.807, 2.05) is 0 Å². The van der Waals surface area contributed by atoms with E-state index in [9.17, 15) is 0 Å². The molecule has 0 fully saturated rings. The first kappa shape index (κ1) is 17.5. The van der Waals surface area contributed by atoms with Crippen molar-refractivity contribution in [2.75, 3.05) is 0 Å². The molecule has 105 valence electrons. The van der Waals surface area contributed by atoms with Gasteiger partial charge in [0, 0.05) is 0 Å². The largest absolute Gasteiger partial charge is 0.0882 e. The fourth-order valence-electron chi connectivity index (χ4n) is 1.93. The van der Waals surface area contributed by atoms with Gasteiger partial charge in [-0.3, -0.25) is 0 Å². The first-order valence-corrected chi connectivity index (χ1v) is 8.03. The highest BCUT2D eigenvalue weighted by Crippen LogP contribution is 2.06. The fraction of sp³-hybridized carbons (Fsp3) is 0.722. The lowest BCUT2D eigenvalue weighted by atomic mass is 10.1. The van der Waals surface area contributed by atoms with Gasteiger partial charge in [-0.2, -0.15) is 0 Å². The molecule has 0 saturated heterocycles. The van der Waals surface area contributed by atoms with Crippen LogP contribution in [0.1, 0.15) is 84.5 Å². The van der Waals surface area contributed by atoms with Crippen molar-refractivity contribution in [3.63, 3.8) is 0 Å². The van der Waals surface area contributed by atoms with Crippen LogP contribution in [0, 0.1) is 6.42 Å². The Morgan fingerprint density at radius 3 is 1.94 bits per heavy atom. The van der Waals surface area contributed by atoms with Crippen LogP contribution in [-0.4, -0.2) is 0 Å². The molecule has 0 heterocycles. The molecule has 0 aromatic heterocycles. The molecule has 0 nitrogen and oxygen atoms in total. The summed E-state index contributed by atoms with van der Waals surface area (Å²) in [6.45, 7) is 4.52. The minimum absolute atomic E-state index is 1.11. The Balaban J connectivity index is 3.13. The van der Waals surface area contributed by atoms with Crippen LogP contribution in [0.2, 0.25) is 0 Å². The zero-order chi connectivity index (χ0) is 13.3.